The maximum Gasteiger partial charge on any atom is 0.00150 e. The Morgan fingerprint density at radius 1 is 1.25 bits per heavy atom. The summed E-state index contributed by atoms with van der Waals surface area (Å²) in [4.78, 5) is 0. The van der Waals surface area contributed by atoms with E-state index in [2.05, 4.69) is 52.0 Å². The van der Waals surface area contributed by atoms with Gasteiger partial charge in [-0.15, -0.1) is 0 Å². The Morgan fingerprint density at radius 2 is 1.92 bits per heavy atom. The molecule has 0 heterocycles. The average molecular weight is 165 g/mol. The SMILES string of the molecule is C/C=C/C(/[C]=C/C(C)CC)CC. The van der Waals surface area contributed by atoms with Crippen LogP contribution >= 0.6 is 0 Å². The predicted octanol–water partition coefficient (Wildman–Crippen LogP) is 3.99. The maximum atomic E-state index is 3.41. The Kier molecular flexibility index (Phi) is 6.84. The largest absolute Gasteiger partial charge is 0.0910 e. The van der Waals surface area contributed by atoms with Crippen molar-refractivity contribution in [3.05, 3.63) is 24.3 Å². The summed E-state index contributed by atoms with van der Waals surface area (Å²) in [6.45, 7) is 8.70. The highest BCUT2D eigenvalue weighted by molar-refractivity contribution is 4.94. The van der Waals surface area contributed by atoms with E-state index in [0.29, 0.717) is 11.8 Å². The third kappa shape index (κ3) is 5.17. The molecule has 0 N–H and O–H groups in total. The summed E-state index contributed by atoms with van der Waals surface area (Å²) in [6, 6.07) is 0. The van der Waals surface area contributed by atoms with Crippen LogP contribution in [0.1, 0.15) is 40.5 Å². The molecule has 0 aromatic carbocycles. The van der Waals surface area contributed by atoms with Gasteiger partial charge in [0.15, 0.2) is 0 Å². The normalized spacial score (nSPS) is 17.3. The summed E-state index contributed by atoms with van der Waals surface area (Å²) in [6.07, 6.45) is 12.3. The van der Waals surface area contributed by atoms with Crippen LogP contribution in [0.15, 0.2) is 18.2 Å². The van der Waals surface area contributed by atoms with Gasteiger partial charge in [0.25, 0.3) is 0 Å². The van der Waals surface area contributed by atoms with Crippen LogP contribution in [-0.4, -0.2) is 0 Å². The monoisotopic (exact) mass is 165 g/mol. The second-order valence-corrected chi connectivity index (χ2v) is 3.26. The van der Waals surface area contributed by atoms with Crippen molar-refractivity contribution in [3.63, 3.8) is 0 Å². The number of allylic oxidation sites excluding steroid dienone is 4. The summed E-state index contributed by atoms with van der Waals surface area (Å²) in [5.41, 5.74) is 0. The molecule has 0 aliphatic carbocycles. The highest BCUT2D eigenvalue weighted by Gasteiger charge is 1.97. The molecule has 0 amide bonds. The Morgan fingerprint density at radius 3 is 2.33 bits per heavy atom. The summed E-state index contributed by atoms with van der Waals surface area (Å²) in [5.74, 6) is 1.19. The minimum Gasteiger partial charge on any atom is -0.0910 e. The van der Waals surface area contributed by atoms with E-state index < -0.39 is 0 Å². The van der Waals surface area contributed by atoms with Crippen LogP contribution in [0, 0.1) is 17.9 Å². The van der Waals surface area contributed by atoms with Gasteiger partial charge in [-0.25, -0.2) is 0 Å². The van der Waals surface area contributed by atoms with Gasteiger partial charge in [-0.2, -0.15) is 0 Å². The molecule has 0 nitrogen and oxygen atoms in total. The highest BCUT2D eigenvalue weighted by atomic mass is 14.0. The lowest BCUT2D eigenvalue weighted by molar-refractivity contribution is 0.673. The number of hydrogen-bond acceptors (Lipinski definition) is 0. The molecule has 2 atom stereocenters. The van der Waals surface area contributed by atoms with Gasteiger partial charge in [0, 0.05) is 5.92 Å². The van der Waals surface area contributed by atoms with Gasteiger partial charge in [-0.3, -0.25) is 0 Å². The van der Waals surface area contributed by atoms with E-state index >= 15 is 0 Å². The van der Waals surface area contributed by atoms with Gasteiger partial charge >= 0.3 is 0 Å². The zero-order valence-electron chi connectivity index (χ0n) is 8.80. The molecule has 0 rings (SSSR count). The van der Waals surface area contributed by atoms with Crippen molar-refractivity contribution in [3.8, 4) is 0 Å². The van der Waals surface area contributed by atoms with Gasteiger partial charge in [-0.05, 0) is 25.3 Å². The van der Waals surface area contributed by atoms with Gasteiger partial charge in [0.2, 0.25) is 0 Å². The Bertz CT molecular complexity index is 142. The first kappa shape index (κ1) is 11.5. The van der Waals surface area contributed by atoms with E-state index in [1.807, 2.05) is 0 Å². The molecular weight excluding hydrogens is 144 g/mol. The Labute approximate surface area is 77.4 Å². The molecule has 0 saturated heterocycles. The van der Waals surface area contributed by atoms with Crippen molar-refractivity contribution in [2.75, 3.05) is 0 Å². The first-order valence-corrected chi connectivity index (χ1v) is 4.96. The second kappa shape index (κ2) is 7.15. The molecule has 0 spiro atoms. The topological polar surface area (TPSA) is 0 Å². The first-order valence-electron chi connectivity index (χ1n) is 4.96. The zero-order chi connectivity index (χ0) is 9.40. The van der Waals surface area contributed by atoms with Crippen molar-refractivity contribution in [1.29, 1.82) is 0 Å². The van der Waals surface area contributed by atoms with Gasteiger partial charge in [0.05, 0.1) is 0 Å². The fourth-order valence-corrected chi connectivity index (χ4v) is 0.948. The molecule has 12 heavy (non-hydrogen) atoms. The minimum absolute atomic E-state index is 0.518. The minimum atomic E-state index is 0.518. The van der Waals surface area contributed by atoms with Crippen LogP contribution < -0.4 is 0 Å². The number of rotatable bonds is 5. The third-order valence-corrected chi connectivity index (χ3v) is 2.10. The highest BCUT2D eigenvalue weighted by Crippen LogP contribution is 2.09. The summed E-state index contributed by atoms with van der Waals surface area (Å²) < 4.78 is 0. The molecule has 0 aromatic heterocycles. The van der Waals surface area contributed by atoms with Crippen molar-refractivity contribution >= 4 is 0 Å². The Balaban J connectivity index is 3.91. The van der Waals surface area contributed by atoms with E-state index in [-0.39, 0.29) is 0 Å². The fraction of sp³-hybridized carbons (Fsp3) is 0.667. The predicted molar refractivity (Wildman–Crippen MR) is 55.9 cm³/mol. The molecule has 0 saturated carbocycles. The average Bonchev–Trinajstić information content (AvgIpc) is 2.11. The summed E-state index contributed by atoms with van der Waals surface area (Å²) in [5, 5.41) is 0. The quantitative estimate of drug-likeness (QED) is 0.540. The smallest absolute Gasteiger partial charge is 0.00150 e. The van der Waals surface area contributed by atoms with E-state index in [4.69, 9.17) is 0 Å². The molecular formula is C12H21. The van der Waals surface area contributed by atoms with Crippen LogP contribution in [0.5, 0.6) is 0 Å². The molecule has 2 unspecified atom stereocenters. The van der Waals surface area contributed by atoms with Crippen LogP contribution in [0.4, 0.5) is 0 Å². The standard InChI is InChI=1S/C12H21/c1-5-8-12(7-3)10-9-11(4)6-2/h5,8-9,11-12H,6-7H2,1-4H3/b8-5+,10-9?. The first-order chi connectivity index (χ1) is 5.74. The molecule has 0 aliphatic heterocycles. The summed E-state index contributed by atoms with van der Waals surface area (Å²) >= 11 is 0. The van der Waals surface area contributed by atoms with Crippen molar-refractivity contribution < 1.29 is 0 Å². The molecule has 0 heteroatoms. The Hall–Kier alpha value is -0.520. The molecule has 0 aromatic rings. The fourth-order valence-electron chi connectivity index (χ4n) is 0.948. The number of hydrogen-bond donors (Lipinski definition) is 0. The van der Waals surface area contributed by atoms with E-state index in [1.165, 1.54) is 6.42 Å². The van der Waals surface area contributed by atoms with Crippen LogP contribution in [0.25, 0.3) is 0 Å². The molecule has 0 fully saturated rings. The van der Waals surface area contributed by atoms with Gasteiger partial charge in [-0.1, -0.05) is 45.4 Å². The molecule has 1 radical (unpaired) electrons. The lowest BCUT2D eigenvalue weighted by Crippen LogP contribution is -1.92. The van der Waals surface area contributed by atoms with Gasteiger partial charge in [0.1, 0.15) is 0 Å². The third-order valence-electron chi connectivity index (χ3n) is 2.10. The molecule has 0 aliphatic rings. The van der Waals surface area contributed by atoms with Gasteiger partial charge < -0.3 is 0 Å². The van der Waals surface area contributed by atoms with E-state index in [1.54, 1.807) is 0 Å². The maximum absolute atomic E-state index is 3.41. The van der Waals surface area contributed by atoms with Crippen molar-refractivity contribution in [2.45, 2.75) is 40.5 Å². The lowest BCUT2D eigenvalue weighted by atomic mass is 10.0. The van der Waals surface area contributed by atoms with Crippen molar-refractivity contribution in [2.24, 2.45) is 11.8 Å². The summed E-state index contributed by atoms with van der Waals surface area (Å²) in [7, 11) is 0. The van der Waals surface area contributed by atoms with E-state index in [9.17, 15) is 0 Å². The molecule has 69 valence electrons. The van der Waals surface area contributed by atoms with Crippen LogP contribution in [-0.2, 0) is 0 Å². The van der Waals surface area contributed by atoms with Crippen LogP contribution in [0.3, 0.4) is 0 Å². The van der Waals surface area contributed by atoms with E-state index in [0.717, 1.165) is 6.42 Å². The lowest BCUT2D eigenvalue weighted by Gasteiger charge is -2.04. The molecule has 0 bridgehead atoms. The van der Waals surface area contributed by atoms with Crippen LogP contribution in [0.2, 0.25) is 0 Å². The zero-order valence-corrected chi connectivity index (χ0v) is 8.80. The van der Waals surface area contributed by atoms with Crippen molar-refractivity contribution in [1.82, 2.24) is 0 Å². The second-order valence-electron chi connectivity index (χ2n) is 3.26.